The second-order valence-corrected chi connectivity index (χ2v) is 4.64. The van der Waals surface area contributed by atoms with Crippen molar-refractivity contribution in [1.29, 1.82) is 0 Å². The van der Waals surface area contributed by atoms with Gasteiger partial charge in [0.15, 0.2) is 0 Å². The number of nitrogens with two attached hydrogens (primary N) is 1. The standard InChI is InChI=1S/C10H17N3O2S/c1-6(14)3-4-12-9(15)8-5-16-10(13-8)7(2)11/h5-7,14H,3-4,11H2,1-2H3,(H,12,15). The van der Waals surface area contributed by atoms with Crippen LogP contribution in [0.4, 0.5) is 0 Å². The molecule has 1 aromatic heterocycles. The van der Waals surface area contributed by atoms with Crippen LogP contribution in [0, 0.1) is 0 Å². The number of thiazole rings is 1. The molecule has 0 spiro atoms. The highest BCUT2D eigenvalue weighted by molar-refractivity contribution is 7.09. The molecule has 0 bridgehead atoms. The minimum atomic E-state index is -0.407. The number of aliphatic hydroxyl groups is 1. The Hall–Kier alpha value is -0.980. The highest BCUT2D eigenvalue weighted by atomic mass is 32.1. The maximum absolute atomic E-state index is 11.6. The third-order valence-corrected chi connectivity index (χ3v) is 3.04. The molecular formula is C10H17N3O2S. The molecule has 0 fully saturated rings. The fourth-order valence-corrected chi connectivity index (χ4v) is 1.84. The Kier molecular flexibility index (Phi) is 4.85. The molecule has 16 heavy (non-hydrogen) atoms. The fourth-order valence-electron chi connectivity index (χ4n) is 1.09. The Labute approximate surface area is 98.7 Å². The van der Waals surface area contributed by atoms with Crippen molar-refractivity contribution in [2.45, 2.75) is 32.4 Å². The number of carbonyl (C=O) groups excluding carboxylic acids is 1. The predicted molar refractivity (Wildman–Crippen MR) is 63.3 cm³/mol. The fraction of sp³-hybridized carbons (Fsp3) is 0.600. The molecule has 0 saturated heterocycles. The lowest BCUT2D eigenvalue weighted by molar-refractivity contribution is 0.0941. The van der Waals surface area contributed by atoms with Gasteiger partial charge < -0.3 is 16.2 Å². The monoisotopic (exact) mass is 243 g/mol. The quantitative estimate of drug-likeness (QED) is 0.709. The van der Waals surface area contributed by atoms with Gasteiger partial charge in [-0.1, -0.05) is 0 Å². The molecule has 0 aromatic carbocycles. The zero-order valence-electron chi connectivity index (χ0n) is 9.43. The van der Waals surface area contributed by atoms with Crippen molar-refractivity contribution in [3.8, 4) is 0 Å². The Balaban J connectivity index is 2.46. The summed E-state index contributed by atoms with van der Waals surface area (Å²) in [6.07, 6.45) is 0.131. The number of nitrogens with one attached hydrogen (secondary N) is 1. The van der Waals surface area contributed by atoms with Gasteiger partial charge in [0.25, 0.3) is 5.91 Å². The van der Waals surface area contributed by atoms with Crippen molar-refractivity contribution in [2.24, 2.45) is 5.73 Å². The first-order chi connectivity index (χ1) is 7.50. The minimum absolute atomic E-state index is 0.149. The van der Waals surface area contributed by atoms with E-state index in [4.69, 9.17) is 10.8 Å². The van der Waals surface area contributed by atoms with Crippen LogP contribution in [0.15, 0.2) is 5.38 Å². The van der Waals surface area contributed by atoms with Gasteiger partial charge in [0.1, 0.15) is 10.7 Å². The number of aliphatic hydroxyl groups excluding tert-OH is 1. The number of rotatable bonds is 5. The van der Waals surface area contributed by atoms with Gasteiger partial charge in [0.05, 0.1) is 12.1 Å². The summed E-state index contributed by atoms with van der Waals surface area (Å²) in [7, 11) is 0. The second kappa shape index (κ2) is 5.93. The molecule has 5 nitrogen and oxygen atoms in total. The molecule has 2 atom stereocenters. The maximum atomic E-state index is 11.6. The Morgan fingerprint density at radius 2 is 2.38 bits per heavy atom. The van der Waals surface area contributed by atoms with Gasteiger partial charge in [-0.25, -0.2) is 4.98 Å². The third-order valence-electron chi connectivity index (χ3n) is 1.99. The van der Waals surface area contributed by atoms with Crippen molar-refractivity contribution in [1.82, 2.24) is 10.3 Å². The number of carbonyl (C=O) groups is 1. The highest BCUT2D eigenvalue weighted by Crippen LogP contribution is 2.15. The normalized spacial score (nSPS) is 14.5. The van der Waals surface area contributed by atoms with E-state index in [1.165, 1.54) is 11.3 Å². The van der Waals surface area contributed by atoms with Crippen LogP contribution in [-0.4, -0.2) is 28.6 Å². The molecule has 0 saturated carbocycles. The van der Waals surface area contributed by atoms with Crippen molar-refractivity contribution in [3.63, 3.8) is 0 Å². The zero-order chi connectivity index (χ0) is 12.1. The second-order valence-electron chi connectivity index (χ2n) is 3.75. The van der Waals surface area contributed by atoms with Gasteiger partial charge in [-0.2, -0.15) is 0 Å². The summed E-state index contributed by atoms with van der Waals surface area (Å²) in [6, 6.07) is -0.149. The van der Waals surface area contributed by atoms with Gasteiger partial charge in [-0.05, 0) is 20.3 Å². The van der Waals surface area contributed by atoms with Gasteiger partial charge in [-0.3, -0.25) is 4.79 Å². The summed E-state index contributed by atoms with van der Waals surface area (Å²) < 4.78 is 0. The lowest BCUT2D eigenvalue weighted by atomic mass is 10.3. The van der Waals surface area contributed by atoms with Crippen LogP contribution in [0.5, 0.6) is 0 Å². The molecule has 6 heteroatoms. The van der Waals surface area contributed by atoms with Crippen molar-refractivity contribution >= 4 is 17.2 Å². The minimum Gasteiger partial charge on any atom is -0.393 e. The van der Waals surface area contributed by atoms with E-state index < -0.39 is 6.10 Å². The lowest BCUT2D eigenvalue weighted by Gasteiger charge is -2.04. The first-order valence-electron chi connectivity index (χ1n) is 5.18. The van der Waals surface area contributed by atoms with Crippen LogP contribution in [0.2, 0.25) is 0 Å². The molecule has 1 amide bonds. The lowest BCUT2D eigenvalue weighted by Crippen LogP contribution is -2.26. The van der Waals surface area contributed by atoms with Crippen molar-refractivity contribution in [2.75, 3.05) is 6.54 Å². The molecule has 4 N–H and O–H groups in total. The van der Waals surface area contributed by atoms with Gasteiger partial charge in [0.2, 0.25) is 0 Å². The SMILES string of the molecule is CC(O)CCNC(=O)c1csc(C(C)N)n1. The van der Waals surface area contributed by atoms with Gasteiger partial charge >= 0.3 is 0 Å². The van der Waals surface area contributed by atoms with Crippen molar-refractivity contribution < 1.29 is 9.90 Å². The molecule has 0 radical (unpaired) electrons. The average molecular weight is 243 g/mol. The smallest absolute Gasteiger partial charge is 0.270 e. The number of aromatic nitrogens is 1. The molecule has 2 unspecified atom stereocenters. The van der Waals surface area contributed by atoms with Crippen LogP contribution >= 0.6 is 11.3 Å². The zero-order valence-corrected chi connectivity index (χ0v) is 10.3. The number of hydrogen-bond donors (Lipinski definition) is 3. The summed E-state index contributed by atoms with van der Waals surface area (Å²) in [5.74, 6) is -0.219. The molecule has 1 heterocycles. The van der Waals surface area contributed by atoms with E-state index in [2.05, 4.69) is 10.3 Å². The van der Waals surface area contributed by atoms with Crippen LogP contribution in [-0.2, 0) is 0 Å². The largest absolute Gasteiger partial charge is 0.393 e. The summed E-state index contributed by atoms with van der Waals surface area (Å²) in [4.78, 5) is 15.7. The molecule has 0 aliphatic carbocycles. The van der Waals surface area contributed by atoms with E-state index in [0.29, 0.717) is 18.7 Å². The Morgan fingerprint density at radius 1 is 1.69 bits per heavy atom. The number of amides is 1. The van der Waals surface area contributed by atoms with Gasteiger partial charge in [0, 0.05) is 11.9 Å². The van der Waals surface area contributed by atoms with Crippen molar-refractivity contribution in [3.05, 3.63) is 16.1 Å². The molecule has 0 aliphatic heterocycles. The van der Waals surface area contributed by atoms with E-state index in [1.54, 1.807) is 12.3 Å². The molecule has 90 valence electrons. The summed E-state index contributed by atoms with van der Waals surface area (Å²) in [6.45, 7) is 3.96. The third kappa shape index (κ3) is 3.88. The van der Waals surface area contributed by atoms with Gasteiger partial charge in [-0.15, -0.1) is 11.3 Å². The first kappa shape index (κ1) is 13.1. The van der Waals surface area contributed by atoms with Crippen LogP contribution in [0.25, 0.3) is 0 Å². The van der Waals surface area contributed by atoms with E-state index >= 15 is 0 Å². The first-order valence-corrected chi connectivity index (χ1v) is 6.06. The highest BCUT2D eigenvalue weighted by Gasteiger charge is 2.12. The Morgan fingerprint density at radius 3 is 2.88 bits per heavy atom. The topological polar surface area (TPSA) is 88.2 Å². The summed E-state index contributed by atoms with van der Waals surface area (Å²) in [5.41, 5.74) is 6.04. The number of nitrogens with zero attached hydrogens (tertiary/aromatic N) is 1. The Bertz CT molecular complexity index is 350. The molecule has 0 aliphatic rings. The number of hydrogen-bond acceptors (Lipinski definition) is 5. The van der Waals surface area contributed by atoms with E-state index in [1.807, 2.05) is 6.92 Å². The van der Waals surface area contributed by atoms with Crippen LogP contribution in [0.1, 0.15) is 41.8 Å². The maximum Gasteiger partial charge on any atom is 0.270 e. The van der Waals surface area contributed by atoms with E-state index in [-0.39, 0.29) is 11.9 Å². The van der Waals surface area contributed by atoms with E-state index in [9.17, 15) is 4.79 Å². The molecule has 1 aromatic rings. The van der Waals surface area contributed by atoms with Crippen LogP contribution in [0.3, 0.4) is 0 Å². The molecule has 1 rings (SSSR count). The summed E-state index contributed by atoms with van der Waals surface area (Å²) in [5, 5.41) is 14.2. The van der Waals surface area contributed by atoms with E-state index in [0.717, 1.165) is 5.01 Å². The average Bonchev–Trinajstić information content (AvgIpc) is 2.65. The predicted octanol–water partition coefficient (Wildman–Crippen LogP) is 0.664. The molecular weight excluding hydrogens is 226 g/mol. The summed E-state index contributed by atoms with van der Waals surface area (Å²) >= 11 is 1.38. The van der Waals surface area contributed by atoms with Crippen LogP contribution < -0.4 is 11.1 Å².